The van der Waals surface area contributed by atoms with Crippen molar-refractivity contribution in [3.8, 4) is 11.4 Å². The summed E-state index contributed by atoms with van der Waals surface area (Å²) in [6.07, 6.45) is 1.91. The number of alkyl halides is 3. The molecule has 39 heavy (non-hydrogen) atoms. The van der Waals surface area contributed by atoms with E-state index in [9.17, 15) is 22.8 Å². The first-order chi connectivity index (χ1) is 18.3. The number of nitrogens with one attached hydrogen (secondary N) is 1. The van der Waals surface area contributed by atoms with Crippen LogP contribution in [0.4, 0.5) is 18.0 Å². The summed E-state index contributed by atoms with van der Waals surface area (Å²) in [5.74, 6) is -0.609. The maximum absolute atomic E-state index is 13.3. The second-order valence-corrected chi connectivity index (χ2v) is 9.61. The summed E-state index contributed by atoms with van der Waals surface area (Å²) in [4.78, 5) is 25.2. The minimum absolute atomic E-state index is 0.232. The van der Waals surface area contributed by atoms with Gasteiger partial charge in [0.1, 0.15) is 5.60 Å². The molecule has 2 rings (SSSR count). The van der Waals surface area contributed by atoms with Crippen molar-refractivity contribution in [2.45, 2.75) is 80.4 Å². The first-order valence-electron chi connectivity index (χ1n) is 12.8. The summed E-state index contributed by atoms with van der Waals surface area (Å²) in [5, 5.41) is 7.74. The van der Waals surface area contributed by atoms with Gasteiger partial charge in [-0.1, -0.05) is 44.5 Å². The molecule has 7 nitrogen and oxygen atoms in total. The van der Waals surface area contributed by atoms with Crippen LogP contribution in [0.2, 0.25) is 5.02 Å². The average Bonchev–Trinajstić information content (AvgIpc) is 3.19. The number of aromatic nitrogens is 3. The molecule has 0 saturated heterocycles. The fourth-order valence-electron chi connectivity index (χ4n) is 3.21. The van der Waals surface area contributed by atoms with Crippen LogP contribution in [0.1, 0.15) is 60.5 Å². The number of benzene rings is 1. The van der Waals surface area contributed by atoms with Gasteiger partial charge in [0, 0.05) is 35.3 Å². The van der Waals surface area contributed by atoms with Crippen LogP contribution in [0.25, 0.3) is 17.1 Å². The van der Waals surface area contributed by atoms with Crippen molar-refractivity contribution in [1.29, 1.82) is 0 Å². The number of halogens is 4. The van der Waals surface area contributed by atoms with Gasteiger partial charge in [0.05, 0.1) is 7.18 Å². The third-order valence-electron chi connectivity index (χ3n) is 5.01. The summed E-state index contributed by atoms with van der Waals surface area (Å²) in [5.41, 5.74) is 0.886. The van der Waals surface area contributed by atoms with E-state index in [4.69, 9.17) is 16.3 Å². The molecule has 0 bridgehead atoms. The summed E-state index contributed by atoms with van der Waals surface area (Å²) in [6.45, 7) is 14.8. The second-order valence-electron chi connectivity index (χ2n) is 9.17. The third-order valence-corrected chi connectivity index (χ3v) is 5.24. The fraction of sp³-hybridized carbons (Fsp3) is 0.536. The number of alkyl carbamates (subject to hydrolysis) is 1. The van der Waals surface area contributed by atoms with E-state index < -0.39 is 29.7 Å². The van der Waals surface area contributed by atoms with Gasteiger partial charge < -0.3 is 10.1 Å². The lowest BCUT2D eigenvalue weighted by Crippen LogP contribution is -2.33. The van der Waals surface area contributed by atoms with Crippen LogP contribution in [-0.2, 0) is 11.3 Å². The van der Waals surface area contributed by atoms with E-state index in [0.717, 1.165) is 5.56 Å². The van der Waals surface area contributed by atoms with Gasteiger partial charge in [-0.3, -0.25) is 4.39 Å². The predicted octanol–water partition coefficient (Wildman–Crippen LogP) is 7.52. The summed E-state index contributed by atoms with van der Waals surface area (Å²) < 4.78 is 43.4. The molecule has 1 N–H and O–H groups in total. The van der Waals surface area contributed by atoms with Crippen LogP contribution >= 0.6 is 11.6 Å². The Balaban J connectivity index is 0.00000344. The molecule has 1 atom stereocenters. The standard InChI is InChI=1S/C25H33ClF2N4O3.C2H6.CH3F/c1-7-19(11-9-16(2)21(27)28)32-22(20-12-10-18(26)15-17(20)3)30-31(24(32)34)14-8-13-29-23(33)35-25(4,5)6;2*1-2/h7,9-12,15-16,21H,8,13-14H2,1-6H3,(H,29,33);1-2H3;1H3/b11-9-,19-7+;;. The number of aryl methyl sites for hydroxylation is 2. The van der Waals surface area contributed by atoms with Gasteiger partial charge in [-0.2, -0.15) is 0 Å². The third kappa shape index (κ3) is 11.7. The first kappa shape index (κ1) is 36.0. The molecule has 1 aromatic carbocycles. The zero-order chi connectivity index (χ0) is 30.3. The van der Waals surface area contributed by atoms with Crippen molar-refractivity contribution < 1.29 is 22.7 Å². The normalized spacial score (nSPS) is 12.4. The Morgan fingerprint density at radius 3 is 2.36 bits per heavy atom. The van der Waals surface area contributed by atoms with E-state index in [-0.39, 0.29) is 13.1 Å². The minimum Gasteiger partial charge on any atom is -0.444 e. The molecule has 1 amide bonds. The van der Waals surface area contributed by atoms with Gasteiger partial charge in [-0.15, -0.1) is 5.10 Å². The van der Waals surface area contributed by atoms with Crippen LogP contribution < -0.4 is 11.0 Å². The van der Waals surface area contributed by atoms with Crippen LogP contribution in [0.5, 0.6) is 0 Å². The SMILES string of the molecule is C/C=C(\C=C/C(C)C(F)F)n1c(-c2ccc(Cl)cc2C)nn(CCCNC(=O)OC(C)(C)C)c1=O.CC.CF. The smallest absolute Gasteiger partial charge is 0.407 e. The zero-order valence-electron chi connectivity index (χ0n) is 24.3. The lowest BCUT2D eigenvalue weighted by molar-refractivity contribution is 0.0526. The number of amides is 1. The molecule has 1 heterocycles. The molecule has 1 unspecified atom stereocenters. The van der Waals surface area contributed by atoms with Gasteiger partial charge in [-0.05, 0) is 70.9 Å². The summed E-state index contributed by atoms with van der Waals surface area (Å²) >= 11 is 6.10. The summed E-state index contributed by atoms with van der Waals surface area (Å²) in [6, 6.07) is 5.23. The van der Waals surface area contributed by atoms with Crippen LogP contribution in [0, 0.1) is 12.8 Å². The molecule has 0 saturated carbocycles. The Bertz CT molecular complexity index is 1150. The van der Waals surface area contributed by atoms with Crippen molar-refractivity contribution in [1.82, 2.24) is 19.7 Å². The summed E-state index contributed by atoms with van der Waals surface area (Å²) in [7, 11) is 0.500. The lowest BCUT2D eigenvalue weighted by atomic mass is 10.1. The number of hydrogen-bond acceptors (Lipinski definition) is 4. The van der Waals surface area contributed by atoms with Gasteiger partial charge in [0.2, 0.25) is 6.43 Å². The Kier molecular flexibility index (Phi) is 16.2. The number of ether oxygens (including phenoxy) is 1. The van der Waals surface area contributed by atoms with Crippen molar-refractivity contribution in [3.05, 3.63) is 57.5 Å². The topological polar surface area (TPSA) is 78.2 Å². The molecule has 220 valence electrons. The predicted molar refractivity (Wildman–Crippen MR) is 153 cm³/mol. The van der Waals surface area contributed by atoms with Crippen molar-refractivity contribution >= 4 is 23.4 Å². The minimum atomic E-state index is -2.51. The highest BCUT2D eigenvalue weighted by atomic mass is 35.5. The molecule has 0 aliphatic rings. The molecule has 0 spiro atoms. The quantitative estimate of drug-likeness (QED) is 0.248. The number of carbonyl (C=O) groups excluding carboxylic acids is 1. The maximum Gasteiger partial charge on any atom is 0.407 e. The maximum atomic E-state index is 13.3. The second kappa shape index (κ2) is 17.6. The lowest BCUT2D eigenvalue weighted by Gasteiger charge is -2.19. The molecule has 0 aliphatic carbocycles. The highest BCUT2D eigenvalue weighted by Gasteiger charge is 2.20. The zero-order valence-corrected chi connectivity index (χ0v) is 25.1. The number of carbonyl (C=O) groups is 1. The molecular formula is C28H42ClF3N4O3. The Morgan fingerprint density at radius 2 is 1.85 bits per heavy atom. The van der Waals surface area contributed by atoms with E-state index in [0.29, 0.717) is 35.7 Å². The van der Waals surface area contributed by atoms with Crippen LogP contribution in [0.15, 0.2) is 41.2 Å². The van der Waals surface area contributed by atoms with Crippen molar-refractivity contribution in [2.75, 3.05) is 13.7 Å². The monoisotopic (exact) mass is 574 g/mol. The fourth-order valence-corrected chi connectivity index (χ4v) is 3.43. The van der Waals surface area contributed by atoms with E-state index in [1.807, 2.05) is 20.8 Å². The highest BCUT2D eigenvalue weighted by molar-refractivity contribution is 6.30. The molecule has 0 aliphatic heterocycles. The van der Waals surface area contributed by atoms with Crippen LogP contribution in [0.3, 0.4) is 0 Å². The number of allylic oxidation sites excluding steroid dienone is 4. The first-order valence-corrected chi connectivity index (χ1v) is 13.2. The van der Waals surface area contributed by atoms with Gasteiger partial charge >= 0.3 is 11.8 Å². The molecular weight excluding hydrogens is 533 g/mol. The molecule has 0 fully saturated rings. The molecule has 11 heteroatoms. The highest BCUT2D eigenvalue weighted by Crippen LogP contribution is 2.26. The molecule has 1 aromatic heterocycles. The van der Waals surface area contributed by atoms with E-state index in [1.165, 1.54) is 28.3 Å². The molecule has 2 aromatic rings. The van der Waals surface area contributed by atoms with Gasteiger partial charge in [0.25, 0.3) is 0 Å². The number of rotatable bonds is 9. The molecule has 0 radical (unpaired) electrons. The number of nitrogens with zero attached hydrogens (tertiary/aromatic N) is 3. The van der Waals surface area contributed by atoms with E-state index >= 15 is 0 Å². The number of hydrogen-bond donors (Lipinski definition) is 1. The van der Waals surface area contributed by atoms with E-state index in [1.54, 1.807) is 52.0 Å². The Labute approximate surface area is 234 Å². The van der Waals surface area contributed by atoms with Gasteiger partial charge in [-0.25, -0.2) is 27.6 Å². The largest absolute Gasteiger partial charge is 0.444 e. The van der Waals surface area contributed by atoms with Gasteiger partial charge in [0.15, 0.2) is 5.82 Å². The van der Waals surface area contributed by atoms with Crippen molar-refractivity contribution in [2.24, 2.45) is 5.92 Å². The average molecular weight is 575 g/mol. The Morgan fingerprint density at radius 1 is 1.23 bits per heavy atom. The van der Waals surface area contributed by atoms with Crippen LogP contribution in [-0.4, -0.2) is 46.2 Å². The Hall–Kier alpha value is -3.01. The van der Waals surface area contributed by atoms with E-state index in [2.05, 4.69) is 10.4 Å². The van der Waals surface area contributed by atoms with Crippen molar-refractivity contribution in [3.63, 3.8) is 0 Å².